The third-order valence-electron chi connectivity index (χ3n) is 11.3. The summed E-state index contributed by atoms with van der Waals surface area (Å²) in [5.74, 6) is 1.96. The van der Waals surface area contributed by atoms with Gasteiger partial charge in [0.2, 0.25) is 0 Å². The molecule has 10 aromatic rings. The van der Waals surface area contributed by atoms with Crippen LogP contribution >= 0.6 is 0 Å². The van der Waals surface area contributed by atoms with E-state index in [1.54, 1.807) is 0 Å². The third-order valence-corrected chi connectivity index (χ3v) is 11.3. The lowest BCUT2D eigenvalue weighted by Gasteiger charge is -2.17. The van der Waals surface area contributed by atoms with Crippen LogP contribution in [0.2, 0.25) is 0 Å². The Morgan fingerprint density at radius 1 is 0.404 bits per heavy atom. The summed E-state index contributed by atoms with van der Waals surface area (Å²) in [7, 11) is 0. The molecule has 1 aliphatic carbocycles. The van der Waals surface area contributed by atoms with Gasteiger partial charge in [-0.05, 0) is 93.0 Å². The molecule has 0 saturated carbocycles. The zero-order chi connectivity index (χ0) is 37.7. The van der Waals surface area contributed by atoms with Gasteiger partial charge in [0, 0.05) is 33.2 Å². The van der Waals surface area contributed by atoms with Crippen molar-refractivity contribution in [2.45, 2.75) is 12.8 Å². The molecule has 0 bridgehead atoms. The SMILES string of the molecule is C1=CC(c2ccc3ccccc3c2-c2nc(-c3ccccc3)nc(-c3ccc(-c4ccc5c(c4)c4ccccc4n5-c4ccccc4)c4ccccc34)n2)=CCC1. The van der Waals surface area contributed by atoms with Crippen LogP contribution in [0.1, 0.15) is 18.4 Å². The van der Waals surface area contributed by atoms with Gasteiger partial charge in [0.05, 0.1) is 11.0 Å². The molecule has 0 atom stereocenters. The van der Waals surface area contributed by atoms with Gasteiger partial charge in [0.25, 0.3) is 0 Å². The van der Waals surface area contributed by atoms with Gasteiger partial charge in [-0.2, -0.15) is 0 Å². The number of para-hydroxylation sites is 2. The lowest BCUT2D eigenvalue weighted by molar-refractivity contribution is 1.04. The fourth-order valence-corrected chi connectivity index (χ4v) is 8.63. The molecule has 4 nitrogen and oxygen atoms in total. The van der Waals surface area contributed by atoms with E-state index in [2.05, 4.69) is 181 Å². The van der Waals surface area contributed by atoms with Crippen molar-refractivity contribution in [3.8, 4) is 51.0 Å². The number of hydrogen-bond donors (Lipinski definition) is 0. The second-order valence-corrected chi connectivity index (χ2v) is 14.6. The Morgan fingerprint density at radius 2 is 1.04 bits per heavy atom. The highest BCUT2D eigenvalue weighted by Gasteiger charge is 2.21. The van der Waals surface area contributed by atoms with Crippen LogP contribution in [0.5, 0.6) is 0 Å². The van der Waals surface area contributed by atoms with Crippen molar-refractivity contribution >= 4 is 48.9 Å². The van der Waals surface area contributed by atoms with Gasteiger partial charge in [-0.3, -0.25) is 0 Å². The maximum Gasteiger partial charge on any atom is 0.165 e. The minimum Gasteiger partial charge on any atom is -0.309 e. The van der Waals surface area contributed by atoms with Gasteiger partial charge in [0.1, 0.15) is 0 Å². The van der Waals surface area contributed by atoms with Crippen molar-refractivity contribution in [3.05, 3.63) is 200 Å². The first-order chi connectivity index (χ1) is 28.3. The monoisotopic (exact) mass is 728 g/mol. The predicted molar refractivity (Wildman–Crippen MR) is 237 cm³/mol. The first-order valence-corrected chi connectivity index (χ1v) is 19.6. The summed E-state index contributed by atoms with van der Waals surface area (Å²) >= 11 is 0. The number of hydrogen-bond acceptors (Lipinski definition) is 3. The molecule has 2 heterocycles. The minimum atomic E-state index is 0.648. The topological polar surface area (TPSA) is 43.6 Å². The first-order valence-electron chi connectivity index (χ1n) is 19.6. The van der Waals surface area contributed by atoms with E-state index in [9.17, 15) is 0 Å². The Bertz CT molecular complexity index is 3230. The average Bonchev–Trinajstić information content (AvgIpc) is 3.62. The van der Waals surface area contributed by atoms with Crippen molar-refractivity contribution in [2.75, 3.05) is 0 Å². The van der Waals surface area contributed by atoms with Gasteiger partial charge >= 0.3 is 0 Å². The number of allylic oxidation sites excluding steroid dienone is 4. The molecule has 0 saturated heterocycles. The summed E-state index contributed by atoms with van der Waals surface area (Å²) < 4.78 is 2.36. The maximum atomic E-state index is 5.39. The lowest BCUT2D eigenvalue weighted by Crippen LogP contribution is -2.03. The molecule has 4 heteroatoms. The van der Waals surface area contributed by atoms with Crippen LogP contribution in [0.15, 0.2) is 194 Å². The molecule has 0 spiro atoms. The molecule has 1 aliphatic rings. The van der Waals surface area contributed by atoms with E-state index in [0.29, 0.717) is 17.5 Å². The molecular formula is C53H36N4. The number of aromatic nitrogens is 4. The van der Waals surface area contributed by atoms with Gasteiger partial charge in [-0.1, -0.05) is 158 Å². The van der Waals surface area contributed by atoms with Gasteiger partial charge < -0.3 is 4.57 Å². The highest BCUT2D eigenvalue weighted by atomic mass is 15.0. The van der Waals surface area contributed by atoms with Crippen molar-refractivity contribution in [2.24, 2.45) is 0 Å². The summed E-state index contributed by atoms with van der Waals surface area (Å²) in [5.41, 5.74) is 11.1. The van der Waals surface area contributed by atoms with Crippen molar-refractivity contribution in [3.63, 3.8) is 0 Å². The molecule has 0 unspecified atom stereocenters. The standard InChI is InChI=1S/C53H36N4/c1-4-16-35(17-5-1)42-30-28-36-18-10-11-23-41(36)50(42)53-55-51(37-19-6-2-7-20-37)54-52(56-53)46-32-31-40(43-24-12-13-25-44(43)46)38-29-33-49-47(34-38)45-26-14-15-27-48(45)57(49)39-21-8-3-9-22-39/h2-4,6-34H,1,5H2. The molecule has 8 aromatic carbocycles. The first kappa shape index (κ1) is 33.0. The Labute approximate surface area is 330 Å². The summed E-state index contributed by atoms with van der Waals surface area (Å²) in [4.78, 5) is 15.9. The molecule has 2 aromatic heterocycles. The van der Waals surface area contributed by atoms with E-state index in [-0.39, 0.29) is 0 Å². The Morgan fingerprint density at radius 3 is 1.84 bits per heavy atom. The van der Waals surface area contributed by atoms with E-state index in [1.807, 2.05) is 18.2 Å². The summed E-state index contributed by atoms with van der Waals surface area (Å²) in [6, 6.07) is 62.5. The predicted octanol–water partition coefficient (Wildman–Crippen LogP) is 13.7. The molecule has 0 aliphatic heterocycles. The fourth-order valence-electron chi connectivity index (χ4n) is 8.63. The number of fused-ring (bicyclic) bond motifs is 5. The van der Waals surface area contributed by atoms with Crippen molar-refractivity contribution in [1.29, 1.82) is 0 Å². The second kappa shape index (κ2) is 13.7. The summed E-state index contributed by atoms with van der Waals surface area (Å²) in [6.07, 6.45) is 8.89. The number of rotatable bonds is 6. The minimum absolute atomic E-state index is 0.648. The van der Waals surface area contributed by atoms with Crippen LogP contribution < -0.4 is 0 Å². The third kappa shape index (κ3) is 5.65. The Hall–Kier alpha value is -7.43. The van der Waals surface area contributed by atoms with Crippen molar-refractivity contribution in [1.82, 2.24) is 19.5 Å². The fraction of sp³-hybridized carbons (Fsp3) is 0.0377. The van der Waals surface area contributed by atoms with Gasteiger partial charge in [0.15, 0.2) is 17.5 Å². The molecule has 0 fully saturated rings. The van der Waals surface area contributed by atoms with Crippen LogP contribution in [0.3, 0.4) is 0 Å². The zero-order valence-corrected chi connectivity index (χ0v) is 31.2. The smallest absolute Gasteiger partial charge is 0.165 e. The van der Waals surface area contributed by atoms with E-state index >= 15 is 0 Å². The zero-order valence-electron chi connectivity index (χ0n) is 31.2. The lowest BCUT2D eigenvalue weighted by atomic mass is 9.91. The van der Waals surface area contributed by atoms with Crippen LogP contribution in [-0.4, -0.2) is 19.5 Å². The normalized spacial score (nSPS) is 12.8. The average molecular weight is 729 g/mol. The molecule has 0 amide bonds. The molecule has 0 radical (unpaired) electrons. The Kier molecular flexibility index (Phi) is 7.92. The quantitative estimate of drug-likeness (QED) is 0.171. The second-order valence-electron chi connectivity index (χ2n) is 14.6. The van der Waals surface area contributed by atoms with Gasteiger partial charge in [-0.15, -0.1) is 0 Å². The van der Waals surface area contributed by atoms with Crippen LogP contribution in [0.25, 0.3) is 99.9 Å². The molecule has 11 rings (SSSR count). The maximum absolute atomic E-state index is 5.39. The highest BCUT2D eigenvalue weighted by Crippen LogP contribution is 2.41. The molecule has 57 heavy (non-hydrogen) atoms. The highest BCUT2D eigenvalue weighted by molar-refractivity contribution is 6.12. The van der Waals surface area contributed by atoms with Crippen LogP contribution in [0.4, 0.5) is 0 Å². The molecule has 268 valence electrons. The number of nitrogens with zero attached hydrogens (tertiary/aromatic N) is 4. The molecular weight excluding hydrogens is 693 g/mol. The number of benzene rings is 8. The van der Waals surface area contributed by atoms with Crippen molar-refractivity contribution < 1.29 is 0 Å². The Balaban J connectivity index is 1.12. The van der Waals surface area contributed by atoms with E-state index in [0.717, 1.165) is 73.5 Å². The van der Waals surface area contributed by atoms with Crippen LogP contribution in [-0.2, 0) is 0 Å². The summed E-state index contributed by atoms with van der Waals surface area (Å²) in [5, 5.41) is 6.97. The van der Waals surface area contributed by atoms with Gasteiger partial charge in [-0.25, -0.2) is 15.0 Å². The van der Waals surface area contributed by atoms with E-state index in [4.69, 9.17) is 15.0 Å². The van der Waals surface area contributed by atoms with E-state index < -0.39 is 0 Å². The largest absolute Gasteiger partial charge is 0.309 e. The molecule has 0 N–H and O–H groups in total. The summed E-state index contributed by atoms with van der Waals surface area (Å²) in [6.45, 7) is 0. The van der Waals surface area contributed by atoms with E-state index in [1.165, 1.54) is 27.4 Å². The van der Waals surface area contributed by atoms with Crippen LogP contribution in [0, 0.1) is 0 Å².